The fourth-order valence-electron chi connectivity index (χ4n) is 3.88. The van der Waals surface area contributed by atoms with Gasteiger partial charge < -0.3 is 4.74 Å². The molecule has 2 aromatic carbocycles. The number of Topliss-reactive ketones (excluding diaryl/α,β-unsaturated/α-hetero) is 1. The molecule has 2 fully saturated rings. The summed E-state index contributed by atoms with van der Waals surface area (Å²) in [4.78, 5) is 24.8. The van der Waals surface area contributed by atoms with Crippen molar-refractivity contribution in [3.05, 3.63) is 59.7 Å². The molecule has 0 bridgehead atoms. The van der Waals surface area contributed by atoms with Crippen molar-refractivity contribution in [2.24, 2.45) is 0 Å². The molecule has 0 aliphatic carbocycles. The summed E-state index contributed by atoms with van der Waals surface area (Å²) in [6.45, 7) is 0.889. The SMILES string of the molecule is O=C(COC(=O)c1ccc(N2CCCS2(=O)=O)cc1)c1ccc(S(=O)(=O)N2CCCC2)cc1. The van der Waals surface area contributed by atoms with Gasteiger partial charge in [0.15, 0.2) is 12.4 Å². The highest BCUT2D eigenvalue weighted by atomic mass is 32.2. The van der Waals surface area contributed by atoms with Crippen LogP contribution in [-0.2, 0) is 24.8 Å². The van der Waals surface area contributed by atoms with E-state index in [9.17, 15) is 26.4 Å². The topological polar surface area (TPSA) is 118 Å². The van der Waals surface area contributed by atoms with Gasteiger partial charge in [-0.3, -0.25) is 9.10 Å². The van der Waals surface area contributed by atoms with E-state index in [0.717, 1.165) is 12.8 Å². The lowest BCUT2D eigenvalue weighted by Crippen LogP contribution is -2.27. The van der Waals surface area contributed by atoms with Gasteiger partial charge in [0.1, 0.15) is 0 Å². The van der Waals surface area contributed by atoms with Crippen molar-refractivity contribution in [2.45, 2.75) is 24.2 Å². The molecule has 176 valence electrons. The van der Waals surface area contributed by atoms with Crippen LogP contribution in [-0.4, -0.2) is 64.9 Å². The maximum absolute atomic E-state index is 12.6. The second kappa shape index (κ2) is 9.24. The van der Waals surface area contributed by atoms with Crippen LogP contribution in [0.2, 0.25) is 0 Å². The number of carbonyl (C=O) groups is 2. The van der Waals surface area contributed by atoms with Gasteiger partial charge in [-0.25, -0.2) is 21.6 Å². The van der Waals surface area contributed by atoms with E-state index in [2.05, 4.69) is 0 Å². The van der Waals surface area contributed by atoms with Crippen LogP contribution in [0.25, 0.3) is 0 Å². The molecule has 2 aromatic rings. The van der Waals surface area contributed by atoms with E-state index in [-0.39, 0.29) is 21.8 Å². The zero-order chi connectivity index (χ0) is 23.6. The fraction of sp³-hybridized carbons (Fsp3) is 0.364. The predicted octanol–water partition coefficient (Wildman–Crippen LogP) is 2.05. The number of hydrogen-bond acceptors (Lipinski definition) is 7. The minimum absolute atomic E-state index is 0.101. The molecule has 0 atom stereocenters. The Morgan fingerprint density at radius 1 is 0.848 bits per heavy atom. The second-order valence-corrected chi connectivity index (χ2v) is 11.9. The van der Waals surface area contributed by atoms with Gasteiger partial charge in [0.05, 0.1) is 21.9 Å². The van der Waals surface area contributed by atoms with Gasteiger partial charge >= 0.3 is 5.97 Å². The number of nitrogens with zero attached hydrogens (tertiary/aromatic N) is 2. The van der Waals surface area contributed by atoms with E-state index >= 15 is 0 Å². The smallest absolute Gasteiger partial charge is 0.338 e. The minimum atomic E-state index is -3.56. The summed E-state index contributed by atoms with van der Waals surface area (Å²) in [6.07, 6.45) is 2.22. The van der Waals surface area contributed by atoms with Gasteiger partial charge in [0.2, 0.25) is 20.0 Å². The maximum atomic E-state index is 12.6. The van der Waals surface area contributed by atoms with E-state index in [1.54, 1.807) is 0 Å². The summed E-state index contributed by atoms with van der Waals surface area (Å²) in [5.74, 6) is -1.08. The molecule has 0 amide bonds. The molecule has 11 heteroatoms. The first-order valence-electron chi connectivity index (χ1n) is 10.6. The fourth-order valence-corrected chi connectivity index (χ4v) is 6.96. The molecule has 9 nitrogen and oxygen atoms in total. The van der Waals surface area contributed by atoms with Gasteiger partial charge in [-0.05, 0) is 67.8 Å². The van der Waals surface area contributed by atoms with Crippen molar-refractivity contribution in [1.29, 1.82) is 0 Å². The van der Waals surface area contributed by atoms with Crippen LogP contribution >= 0.6 is 0 Å². The normalized spacial score (nSPS) is 18.4. The Hall–Kier alpha value is -2.76. The minimum Gasteiger partial charge on any atom is -0.454 e. The number of esters is 1. The van der Waals surface area contributed by atoms with Crippen LogP contribution < -0.4 is 4.31 Å². The molecule has 2 aliphatic rings. The number of benzene rings is 2. The Balaban J connectivity index is 1.35. The number of carbonyl (C=O) groups excluding carboxylic acids is 2. The number of hydrogen-bond donors (Lipinski definition) is 0. The summed E-state index contributed by atoms with van der Waals surface area (Å²) in [7, 11) is -6.88. The summed E-state index contributed by atoms with van der Waals surface area (Å²) in [5.41, 5.74) is 0.900. The Morgan fingerprint density at radius 3 is 2.03 bits per heavy atom. The molecule has 2 aliphatic heterocycles. The largest absolute Gasteiger partial charge is 0.454 e. The molecule has 2 saturated heterocycles. The first kappa shape index (κ1) is 23.4. The zero-order valence-corrected chi connectivity index (χ0v) is 19.5. The average Bonchev–Trinajstić information content (AvgIpc) is 3.47. The summed E-state index contributed by atoms with van der Waals surface area (Å²) >= 11 is 0. The number of ketones is 1. The highest BCUT2D eigenvalue weighted by Crippen LogP contribution is 2.24. The summed E-state index contributed by atoms with van der Waals surface area (Å²) in [5, 5.41) is 0. The van der Waals surface area contributed by atoms with Crippen molar-refractivity contribution in [3.63, 3.8) is 0 Å². The predicted molar refractivity (Wildman–Crippen MR) is 121 cm³/mol. The van der Waals surface area contributed by atoms with E-state index in [1.807, 2.05) is 0 Å². The highest BCUT2D eigenvalue weighted by Gasteiger charge is 2.29. The molecule has 0 N–H and O–H groups in total. The number of sulfonamides is 2. The molecule has 4 rings (SSSR count). The quantitative estimate of drug-likeness (QED) is 0.429. The lowest BCUT2D eigenvalue weighted by Gasteiger charge is -2.16. The third kappa shape index (κ3) is 4.94. The Kier molecular flexibility index (Phi) is 6.55. The lowest BCUT2D eigenvalue weighted by molar-refractivity contribution is 0.0475. The number of ether oxygens (including phenoxy) is 1. The third-order valence-corrected chi connectivity index (χ3v) is 9.49. The van der Waals surface area contributed by atoms with Gasteiger partial charge in [-0.15, -0.1) is 0 Å². The van der Waals surface area contributed by atoms with E-state index in [0.29, 0.717) is 31.7 Å². The van der Waals surface area contributed by atoms with Crippen molar-refractivity contribution in [1.82, 2.24) is 4.31 Å². The van der Waals surface area contributed by atoms with E-state index in [4.69, 9.17) is 4.74 Å². The van der Waals surface area contributed by atoms with Crippen LogP contribution in [0.3, 0.4) is 0 Å². The van der Waals surface area contributed by atoms with Crippen LogP contribution in [0.1, 0.15) is 40.0 Å². The number of rotatable bonds is 7. The highest BCUT2D eigenvalue weighted by molar-refractivity contribution is 7.93. The maximum Gasteiger partial charge on any atom is 0.338 e. The van der Waals surface area contributed by atoms with Crippen molar-refractivity contribution < 1.29 is 31.2 Å². The second-order valence-electron chi connectivity index (χ2n) is 7.92. The van der Waals surface area contributed by atoms with Crippen molar-refractivity contribution in [3.8, 4) is 0 Å². The van der Waals surface area contributed by atoms with Crippen LogP contribution in [0.5, 0.6) is 0 Å². The third-order valence-electron chi connectivity index (χ3n) is 5.70. The van der Waals surface area contributed by atoms with Crippen LogP contribution in [0.4, 0.5) is 5.69 Å². The molecular weight excluding hydrogens is 468 g/mol. The molecule has 0 spiro atoms. The molecule has 33 heavy (non-hydrogen) atoms. The molecule has 0 unspecified atom stereocenters. The summed E-state index contributed by atoms with van der Waals surface area (Å²) < 4.78 is 56.9. The van der Waals surface area contributed by atoms with Crippen LogP contribution in [0, 0.1) is 0 Å². The van der Waals surface area contributed by atoms with Gasteiger partial charge in [-0.2, -0.15) is 4.31 Å². The first-order chi connectivity index (χ1) is 15.7. The van der Waals surface area contributed by atoms with Crippen molar-refractivity contribution in [2.75, 3.05) is 36.3 Å². The monoisotopic (exact) mass is 492 g/mol. The lowest BCUT2D eigenvalue weighted by atomic mass is 10.1. The van der Waals surface area contributed by atoms with E-state index < -0.39 is 38.4 Å². The molecule has 0 saturated carbocycles. The standard InChI is InChI=1S/C22H24N2O7S2/c25-21(17-6-10-20(11-7-17)33(29,30)23-12-1-2-13-23)16-31-22(26)18-4-8-19(9-5-18)24-14-3-15-32(24,27)28/h4-11H,1-3,12-16H2. The molecule has 2 heterocycles. The molecule has 0 radical (unpaired) electrons. The first-order valence-corrected chi connectivity index (χ1v) is 13.6. The van der Waals surface area contributed by atoms with Gasteiger partial charge in [-0.1, -0.05) is 0 Å². The Morgan fingerprint density at radius 2 is 1.45 bits per heavy atom. The number of anilines is 1. The van der Waals surface area contributed by atoms with Gasteiger partial charge in [0, 0.05) is 25.2 Å². The van der Waals surface area contributed by atoms with Crippen LogP contribution in [0.15, 0.2) is 53.4 Å². The van der Waals surface area contributed by atoms with Crippen molar-refractivity contribution >= 4 is 37.5 Å². The van der Waals surface area contributed by atoms with E-state index in [1.165, 1.54) is 57.1 Å². The summed E-state index contributed by atoms with van der Waals surface area (Å²) in [6, 6.07) is 11.5. The zero-order valence-electron chi connectivity index (χ0n) is 17.8. The molecular formula is C22H24N2O7S2. The van der Waals surface area contributed by atoms with Gasteiger partial charge in [0.25, 0.3) is 0 Å². The molecule has 0 aromatic heterocycles. The Labute approximate surface area is 193 Å². The average molecular weight is 493 g/mol. The Bertz CT molecular complexity index is 1250.